The van der Waals surface area contributed by atoms with Crippen molar-refractivity contribution in [3.05, 3.63) is 58.0 Å². The molecule has 0 saturated heterocycles. The van der Waals surface area contributed by atoms with Crippen LogP contribution in [0.3, 0.4) is 0 Å². The molecule has 1 aromatic heterocycles. The SMILES string of the molecule is Cc1ccc(S(C)(=O)=O)cc1NC(=O)c1cccc(=O)[nH]1. The predicted molar refractivity (Wildman–Crippen MR) is 79.3 cm³/mol. The van der Waals surface area contributed by atoms with E-state index in [1.54, 1.807) is 13.0 Å². The molecular formula is C14H14N2O4S. The van der Waals surface area contributed by atoms with Gasteiger partial charge in [0, 0.05) is 18.0 Å². The summed E-state index contributed by atoms with van der Waals surface area (Å²) in [5, 5.41) is 2.59. The number of benzene rings is 1. The molecule has 0 unspecified atom stereocenters. The van der Waals surface area contributed by atoms with E-state index in [1.165, 1.54) is 30.3 Å². The maximum Gasteiger partial charge on any atom is 0.272 e. The zero-order valence-corrected chi connectivity index (χ0v) is 12.3. The van der Waals surface area contributed by atoms with Gasteiger partial charge in [0.2, 0.25) is 5.56 Å². The molecule has 0 atom stereocenters. The van der Waals surface area contributed by atoms with Gasteiger partial charge in [-0.25, -0.2) is 8.42 Å². The van der Waals surface area contributed by atoms with Gasteiger partial charge in [-0.2, -0.15) is 0 Å². The Hall–Kier alpha value is -2.41. The van der Waals surface area contributed by atoms with E-state index < -0.39 is 15.7 Å². The Kier molecular flexibility index (Phi) is 3.95. The number of amides is 1. The minimum atomic E-state index is -3.36. The van der Waals surface area contributed by atoms with Crippen LogP contribution in [0.5, 0.6) is 0 Å². The fraction of sp³-hybridized carbons (Fsp3) is 0.143. The third-order valence-electron chi connectivity index (χ3n) is 2.90. The van der Waals surface area contributed by atoms with Crippen molar-refractivity contribution in [3.8, 4) is 0 Å². The lowest BCUT2D eigenvalue weighted by Crippen LogP contribution is -2.18. The number of rotatable bonds is 3. The second kappa shape index (κ2) is 5.53. The summed E-state index contributed by atoms with van der Waals surface area (Å²) in [4.78, 5) is 25.8. The van der Waals surface area contributed by atoms with Crippen LogP contribution < -0.4 is 10.9 Å². The lowest BCUT2D eigenvalue weighted by molar-refractivity contribution is 0.102. The number of aromatic amines is 1. The summed E-state index contributed by atoms with van der Waals surface area (Å²) in [6.45, 7) is 1.75. The Morgan fingerprint density at radius 1 is 1.19 bits per heavy atom. The molecule has 2 aromatic rings. The first kappa shape index (κ1) is 15.0. The Morgan fingerprint density at radius 2 is 1.90 bits per heavy atom. The van der Waals surface area contributed by atoms with Crippen LogP contribution in [0.15, 0.2) is 46.1 Å². The number of aromatic nitrogens is 1. The summed E-state index contributed by atoms with van der Waals surface area (Å²) < 4.78 is 23.1. The fourth-order valence-corrected chi connectivity index (χ4v) is 2.38. The van der Waals surface area contributed by atoms with E-state index in [0.717, 1.165) is 6.26 Å². The van der Waals surface area contributed by atoms with Crippen LogP contribution in [0.4, 0.5) is 5.69 Å². The average molecular weight is 306 g/mol. The number of hydrogen-bond donors (Lipinski definition) is 2. The molecule has 0 aliphatic carbocycles. The zero-order chi connectivity index (χ0) is 15.6. The maximum atomic E-state index is 12.0. The van der Waals surface area contributed by atoms with E-state index in [4.69, 9.17) is 0 Å². The molecule has 1 aromatic carbocycles. The smallest absolute Gasteiger partial charge is 0.272 e. The first-order chi connectivity index (χ1) is 9.77. The van der Waals surface area contributed by atoms with Crippen molar-refractivity contribution in [1.82, 2.24) is 4.98 Å². The van der Waals surface area contributed by atoms with Gasteiger partial charge < -0.3 is 10.3 Å². The highest BCUT2D eigenvalue weighted by atomic mass is 32.2. The van der Waals surface area contributed by atoms with Gasteiger partial charge in [0.25, 0.3) is 5.91 Å². The Bertz CT molecular complexity index is 853. The molecule has 0 radical (unpaired) electrons. The van der Waals surface area contributed by atoms with Crippen molar-refractivity contribution in [1.29, 1.82) is 0 Å². The highest BCUT2D eigenvalue weighted by Gasteiger charge is 2.12. The topological polar surface area (TPSA) is 96.1 Å². The second-order valence-electron chi connectivity index (χ2n) is 4.63. The number of carbonyl (C=O) groups excluding carboxylic acids is 1. The molecule has 6 nitrogen and oxygen atoms in total. The van der Waals surface area contributed by atoms with Crippen molar-refractivity contribution < 1.29 is 13.2 Å². The zero-order valence-electron chi connectivity index (χ0n) is 11.5. The van der Waals surface area contributed by atoms with Gasteiger partial charge in [-0.15, -0.1) is 0 Å². The molecule has 2 N–H and O–H groups in total. The van der Waals surface area contributed by atoms with Crippen LogP contribution in [0.1, 0.15) is 16.1 Å². The van der Waals surface area contributed by atoms with Crippen LogP contribution >= 0.6 is 0 Å². The first-order valence-corrected chi connectivity index (χ1v) is 7.98. The van der Waals surface area contributed by atoms with E-state index in [9.17, 15) is 18.0 Å². The number of anilines is 1. The molecule has 0 bridgehead atoms. The molecule has 2 rings (SSSR count). The normalized spacial score (nSPS) is 11.1. The molecule has 7 heteroatoms. The number of hydrogen-bond acceptors (Lipinski definition) is 4. The lowest BCUT2D eigenvalue weighted by Gasteiger charge is -2.10. The van der Waals surface area contributed by atoms with Gasteiger partial charge in [0.15, 0.2) is 9.84 Å². The third-order valence-corrected chi connectivity index (χ3v) is 4.01. The summed E-state index contributed by atoms with van der Waals surface area (Å²) >= 11 is 0. The summed E-state index contributed by atoms with van der Waals surface area (Å²) in [6.07, 6.45) is 1.10. The second-order valence-corrected chi connectivity index (χ2v) is 6.65. The summed E-state index contributed by atoms with van der Waals surface area (Å²) in [5.41, 5.74) is 0.817. The van der Waals surface area contributed by atoms with Crippen molar-refractivity contribution >= 4 is 21.4 Å². The van der Waals surface area contributed by atoms with E-state index >= 15 is 0 Å². The van der Waals surface area contributed by atoms with Gasteiger partial charge in [0.1, 0.15) is 5.69 Å². The highest BCUT2D eigenvalue weighted by Crippen LogP contribution is 2.20. The quantitative estimate of drug-likeness (QED) is 0.894. The average Bonchev–Trinajstić information content (AvgIpc) is 2.40. The predicted octanol–water partition coefficient (Wildman–Crippen LogP) is 1.34. The standard InChI is InChI=1S/C14H14N2O4S/c1-9-6-7-10(21(2,19)20)8-12(9)16-14(18)11-4-3-5-13(17)15-11/h3-8H,1-2H3,(H,15,17)(H,16,18). The Morgan fingerprint density at radius 3 is 2.52 bits per heavy atom. The maximum absolute atomic E-state index is 12.0. The minimum absolute atomic E-state index is 0.103. The Labute approximate surface area is 121 Å². The van der Waals surface area contributed by atoms with Crippen LogP contribution in [0.25, 0.3) is 0 Å². The number of aryl methyl sites for hydroxylation is 1. The van der Waals surface area contributed by atoms with Crippen LogP contribution in [0, 0.1) is 6.92 Å². The summed E-state index contributed by atoms with van der Waals surface area (Å²) in [6, 6.07) is 8.71. The Balaban J connectivity index is 2.35. The van der Waals surface area contributed by atoms with Gasteiger partial charge in [-0.05, 0) is 30.7 Å². The number of pyridine rings is 1. The summed E-state index contributed by atoms with van der Waals surface area (Å²) in [5.74, 6) is -0.513. The number of nitrogens with one attached hydrogen (secondary N) is 2. The molecular weight excluding hydrogens is 292 g/mol. The number of sulfone groups is 1. The van der Waals surface area contributed by atoms with Crippen molar-refractivity contribution in [2.45, 2.75) is 11.8 Å². The molecule has 0 aliphatic rings. The largest absolute Gasteiger partial charge is 0.320 e. The van der Waals surface area contributed by atoms with Gasteiger partial charge in [-0.3, -0.25) is 9.59 Å². The van der Waals surface area contributed by atoms with Crippen molar-refractivity contribution in [2.24, 2.45) is 0 Å². The fourth-order valence-electron chi connectivity index (χ4n) is 1.74. The molecule has 1 amide bonds. The molecule has 110 valence electrons. The van der Waals surface area contributed by atoms with Crippen molar-refractivity contribution in [3.63, 3.8) is 0 Å². The molecule has 0 saturated carbocycles. The first-order valence-electron chi connectivity index (χ1n) is 6.09. The van der Waals surface area contributed by atoms with E-state index in [2.05, 4.69) is 10.3 Å². The van der Waals surface area contributed by atoms with Gasteiger partial charge >= 0.3 is 0 Å². The van der Waals surface area contributed by atoms with Crippen LogP contribution in [-0.4, -0.2) is 25.6 Å². The lowest BCUT2D eigenvalue weighted by atomic mass is 10.2. The molecule has 0 aliphatic heterocycles. The number of H-pyrrole nitrogens is 1. The van der Waals surface area contributed by atoms with Gasteiger partial charge in [0.05, 0.1) is 4.90 Å². The third kappa shape index (κ3) is 3.57. The van der Waals surface area contributed by atoms with Crippen LogP contribution in [0.2, 0.25) is 0 Å². The van der Waals surface area contributed by atoms with E-state index in [1.807, 2.05) is 0 Å². The van der Waals surface area contributed by atoms with Crippen molar-refractivity contribution in [2.75, 3.05) is 11.6 Å². The molecule has 1 heterocycles. The highest BCUT2D eigenvalue weighted by molar-refractivity contribution is 7.90. The monoisotopic (exact) mass is 306 g/mol. The molecule has 0 spiro atoms. The van der Waals surface area contributed by atoms with Crippen LogP contribution in [-0.2, 0) is 9.84 Å². The van der Waals surface area contributed by atoms with Gasteiger partial charge in [-0.1, -0.05) is 12.1 Å². The molecule has 21 heavy (non-hydrogen) atoms. The molecule has 0 fully saturated rings. The number of carbonyl (C=O) groups is 1. The van der Waals surface area contributed by atoms with E-state index in [0.29, 0.717) is 11.3 Å². The minimum Gasteiger partial charge on any atom is -0.320 e. The van der Waals surface area contributed by atoms with E-state index in [-0.39, 0.29) is 16.1 Å². The summed E-state index contributed by atoms with van der Waals surface area (Å²) in [7, 11) is -3.36.